The average Bonchev–Trinajstić information content (AvgIpc) is 2.85. The number of ether oxygens (including phenoxy) is 1. The van der Waals surface area contributed by atoms with Gasteiger partial charge in [-0.3, -0.25) is 4.79 Å². The zero-order valence-corrected chi connectivity index (χ0v) is 18.8. The van der Waals surface area contributed by atoms with Gasteiger partial charge in [-0.1, -0.05) is 48.5 Å². The Hall–Kier alpha value is -3.16. The molecule has 0 spiro atoms. The van der Waals surface area contributed by atoms with E-state index in [1.54, 1.807) is 29.2 Å². The molecule has 1 aliphatic heterocycles. The molecule has 7 heteroatoms. The van der Waals surface area contributed by atoms with Crippen molar-refractivity contribution in [1.29, 1.82) is 0 Å². The number of methoxy groups -OCH3 is 1. The lowest BCUT2D eigenvalue weighted by Crippen LogP contribution is -2.50. The standard InChI is InChI=1S/C25H26N2O4S/c1-31-22-11-13-23(14-12-22)32(29,30)27-17-15-26(16-18-27)25(28)24-10-6-5-9-21(24)19-20-7-3-2-4-8-20/h2-14H,15-19H2,1H3. The van der Waals surface area contributed by atoms with Crippen LogP contribution in [0.2, 0.25) is 0 Å². The van der Waals surface area contributed by atoms with E-state index in [1.807, 2.05) is 54.6 Å². The number of amides is 1. The lowest BCUT2D eigenvalue weighted by Gasteiger charge is -2.34. The van der Waals surface area contributed by atoms with Gasteiger partial charge < -0.3 is 9.64 Å². The monoisotopic (exact) mass is 450 g/mol. The van der Waals surface area contributed by atoms with Gasteiger partial charge in [-0.2, -0.15) is 4.31 Å². The summed E-state index contributed by atoms with van der Waals surface area (Å²) >= 11 is 0. The minimum absolute atomic E-state index is 0.0574. The Morgan fingerprint density at radius 3 is 2.12 bits per heavy atom. The molecule has 0 aromatic heterocycles. The van der Waals surface area contributed by atoms with Gasteiger partial charge in [0.2, 0.25) is 10.0 Å². The van der Waals surface area contributed by atoms with Gasteiger partial charge in [-0.25, -0.2) is 8.42 Å². The van der Waals surface area contributed by atoms with Crippen molar-refractivity contribution in [2.24, 2.45) is 0 Å². The van der Waals surface area contributed by atoms with Crippen molar-refractivity contribution in [3.63, 3.8) is 0 Å². The molecule has 0 N–H and O–H groups in total. The molecule has 6 nitrogen and oxygen atoms in total. The van der Waals surface area contributed by atoms with Crippen LogP contribution in [-0.2, 0) is 16.4 Å². The summed E-state index contributed by atoms with van der Waals surface area (Å²) < 4.78 is 32.5. The third-order valence-electron chi connectivity index (χ3n) is 5.71. The van der Waals surface area contributed by atoms with Gasteiger partial charge in [0.05, 0.1) is 12.0 Å². The lowest BCUT2D eigenvalue weighted by molar-refractivity contribution is 0.0697. The van der Waals surface area contributed by atoms with Crippen LogP contribution < -0.4 is 4.74 Å². The van der Waals surface area contributed by atoms with Crippen molar-refractivity contribution in [2.75, 3.05) is 33.3 Å². The highest BCUT2D eigenvalue weighted by Gasteiger charge is 2.31. The normalized spacial score (nSPS) is 14.8. The fourth-order valence-electron chi connectivity index (χ4n) is 3.90. The molecule has 0 atom stereocenters. The topological polar surface area (TPSA) is 66.9 Å². The molecule has 0 radical (unpaired) electrons. The molecule has 0 unspecified atom stereocenters. The molecule has 3 aromatic rings. The zero-order valence-electron chi connectivity index (χ0n) is 18.0. The van der Waals surface area contributed by atoms with Gasteiger partial charge in [-0.15, -0.1) is 0 Å². The quantitative estimate of drug-likeness (QED) is 0.577. The summed E-state index contributed by atoms with van der Waals surface area (Å²) in [6.45, 7) is 1.24. The summed E-state index contributed by atoms with van der Waals surface area (Å²) in [7, 11) is -2.07. The van der Waals surface area contributed by atoms with E-state index in [0.29, 0.717) is 30.8 Å². The summed E-state index contributed by atoms with van der Waals surface area (Å²) in [5.74, 6) is 0.548. The largest absolute Gasteiger partial charge is 0.497 e. The lowest BCUT2D eigenvalue weighted by atomic mass is 9.99. The summed E-state index contributed by atoms with van der Waals surface area (Å²) in [6.07, 6.45) is 0.675. The highest BCUT2D eigenvalue weighted by atomic mass is 32.2. The summed E-state index contributed by atoms with van der Waals surface area (Å²) in [5.41, 5.74) is 2.78. The highest BCUT2D eigenvalue weighted by Crippen LogP contribution is 2.22. The van der Waals surface area contributed by atoms with E-state index in [1.165, 1.54) is 11.4 Å². The van der Waals surface area contributed by atoms with Crippen molar-refractivity contribution in [3.8, 4) is 5.75 Å². The van der Waals surface area contributed by atoms with E-state index in [0.717, 1.165) is 11.1 Å². The molecule has 1 fully saturated rings. The van der Waals surface area contributed by atoms with Gasteiger partial charge >= 0.3 is 0 Å². The number of hydrogen-bond acceptors (Lipinski definition) is 4. The number of hydrogen-bond donors (Lipinski definition) is 0. The summed E-state index contributed by atoms with van der Waals surface area (Å²) in [5, 5.41) is 0. The smallest absolute Gasteiger partial charge is 0.254 e. The first kappa shape index (κ1) is 22.0. The minimum atomic E-state index is -3.61. The van der Waals surface area contributed by atoms with Crippen LogP contribution in [0.1, 0.15) is 21.5 Å². The number of piperazine rings is 1. The van der Waals surface area contributed by atoms with Gasteiger partial charge in [0.25, 0.3) is 5.91 Å². The Morgan fingerprint density at radius 2 is 1.47 bits per heavy atom. The van der Waals surface area contributed by atoms with Gasteiger partial charge in [0.15, 0.2) is 0 Å². The molecule has 1 amide bonds. The van der Waals surface area contributed by atoms with E-state index in [2.05, 4.69) is 0 Å². The molecule has 4 rings (SSSR count). The minimum Gasteiger partial charge on any atom is -0.497 e. The maximum atomic E-state index is 13.3. The molecule has 1 aliphatic rings. The van der Waals surface area contributed by atoms with E-state index >= 15 is 0 Å². The van der Waals surface area contributed by atoms with E-state index in [9.17, 15) is 13.2 Å². The van der Waals surface area contributed by atoms with Crippen molar-refractivity contribution in [3.05, 3.63) is 95.6 Å². The first-order chi connectivity index (χ1) is 15.5. The van der Waals surface area contributed by atoms with Gasteiger partial charge in [0, 0.05) is 31.7 Å². The second kappa shape index (κ2) is 9.54. The fraction of sp³-hybridized carbons (Fsp3) is 0.240. The molecule has 1 heterocycles. The Labute approximate surface area is 189 Å². The molecular formula is C25H26N2O4S. The van der Waals surface area contributed by atoms with Crippen LogP contribution in [0.25, 0.3) is 0 Å². The second-order valence-corrected chi connectivity index (χ2v) is 9.63. The Morgan fingerprint density at radius 1 is 0.844 bits per heavy atom. The fourth-order valence-corrected chi connectivity index (χ4v) is 5.32. The Balaban J connectivity index is 1.45. The number of rotatable bonds is 6. The van der Waals surface area contributed by atoms with Crippen LogP contribution in [0.15, 0.2) is 83.8 Å². The van der Waals surface area contributed by atoms with Crippen LogP contribution in [-0.4, -0.2) is 56.8 Å². The van der Waals surface area contributed by atoms with E-state index < -0.39 is 10.0 Å². The van der Waals surface area contributed by atoms with Crippen molar-refractivity contribution < 1.29 is 17.9 Å². The highest BCUT2D eigenvalue weighted by molar-refractivity contribution is 7.89. The maximum Gasteiger partial charge on any atom is 0.254 e. The third-order valence-corrected chi connectivity index (χ3v) is 7.62. The molecule has 1 saturated heterocycles. The Kier molecular flexibility index (Phi) is 6.58. The van der Waals surface area contributed by atoms with Crippen LogP contribution in [0.3, 0.4) is 0 Å². The maximum absolute atomic E-state index is 13.3. The van der Waals surface area contributed by atoms with Gasteiger partial charge in [0.1, 0.15) is 5.75 Å². The molecule has 166 valence electrons. The summed E-state index contributed by atoms with van der Waals surface area (Å²) in [6, 6.07) is 24.0. The van der Waals surface area contributed by atoms with Crippen molar-refractivity contribution in [2.45, 2.75) is 11.3 Å². The SMILES string of the molecule is COc1ccc(S(=O)(=O)N2CCN(C(=O)c3ccccc3Cc3ccccc3)CC2)cc1. The second-order valence-electron chi connectivity index (χ2n) is 7.69. The van der Waals surface area contributed by atoms with Crippen molar-refractivity contribution in [1.82, 2.24) is 9.21 Å². The van der Waals surface area contributed by atoms with Gasteiger partial charge in [-0.05, 0) is 47.9 Å². The number of carbonyl (C=O) groups is 1. The predicted octanol–water partition coefficient (Wildman–Crippen LogP) is 3.43. The van der Waals surface area contributed by atoms with E-state index in [4.69, 9.17) is 4.74 Å². The third kappa shape index (κ3) is 4.69. The molecule has 32 heavy (non-hydrogen) atoms. The van der Waals surface area contributed by atoms with Crippen molar-refractivity contribution >= 4 is 15.9 Å². The number of nitrogens with zero attached hydrogens (tertiary/aromatic N) is 2. The number of carbonyl (C=O) groups excluding carboxylic acids is 1. The average molecular weight is 451 g/mol. The molecular weight excluding hydrogens is 424 g/mol. The zero-order chi connectivity index (χ0) is 22.6. The first-order valence-electron chi connectivity index (χ1n) is 10.5. The van der Waals surface area contributed by atoms with Crippen LogP contribution >= 0.6 is 0 Å². The predicted molar refractivity (Wildman–Crippen MR) is 123 cm³/mol. The van der Waals surface area contributed by atoms with Crippen LogP contribution in [0, 0.1) is 0 Å². The first-order valence-corrected chi connectivity index (χ1v) is 12.0. The van der Waals surface area contributed by atoms with Crippen LogP contribution in [0.5, 0.6) is 5.75 Å². The molecule has 3 aromatic carbocycles. The molecule has 0 aliphatic carbocycles. The Bertz CT molecular complexity index is 1170. The van der Waals surface area contributed by atoms with Crippen LogP contribution in [0.4, 0.5) is 0 Å². The number of benzene rings is 3. The molecule has 0 bridgehead atoms. The number of sulfonamides is 1. The van der Waals surface area contributed by atoms with E-state index in [-0.39, 0.29) is 23.9 Å². The molecule has 0 saturated carbocycles. The summed E-state index contributed by atoms with van der Waals surface area (Å²) in [4.78, 5) is 15.2.